The lowest BCUT2D eigenvalue weighted by Crippen LogP contribution is -2.18. The van der Waals surface area contributed by atoms with Gasteiger partial charge in [0.25, 0.3) is 0 Å². The second-order valence-electron chi connectivity index (χ2n) is 2.65. The van der Waals surface area contributed by atoms with E-state index in [1.165, 1.54) is 0 Å². The van der Waals surface area contributed by atoms with Crippen LogP contribution in [0.5, 0.6) is 0 Å². The van der Waals surface area contributed by atoms with Crippen LogP contribution in [-0.4, -0.2) is 11.0 Å². The van der Waals surface area contributed by atoms with Crippen LogP contribution in [0.25, 0.3) is 0 Å². The smallest absolute Gasteiger partial charge is 0.0589 e. The largest absolute Gasteiger partial charge is 0.328 e. The van der Waals surface area contributed by atoms with Crippen LogP contribution in [0.4, 0.5) is 0 Å². The summed E-state index contributed by atoms with van der Waals surface area (Å²) in [5, 5.41) is 0.665. The third-order valence-electron chi connectivity index (χ3n) is 1.32. The predicted molar refractivity (Wildman–Crippen MR) is 46.6 cm³/mol. The van der Waals surface area contributed by atoms with Crippen LogP contribution in [0.2, 0.25) is 5.02 Å². The first-order valence-electron chi connectivity index (χ1n) is 3.54. The molecule has 0 bridgehead atoms. The lowest BCUT2D eigenvalue weighted by molar-refractivity contribution is 0.722. The van der Waals surface area contributed by atoms with E-state index in [-0.39, 0.29) is 6.04 Å². The SMILES string of the molecule is C[C@H](N)Cc1ccc(Cl)cn1. The minimum absolute atomic E-state index is 0.156. The summed E-state index contributed by atoms with van der Waals surface area (Å²) in [6.07, 6.45) is 2.44. The van der Waals surface area contributed by atoms with Gasteiger partial charge in [0.15, 0.2) is 0 Å². The van der Waals surface area contributed by atoms with Crippen LogP contribution in [0.1, 0.15) is 12.6 Å². The van der Waals surface area contributed by atoms with Crippen LogP contribution >= 0.6 is 11.6 Å². The number of hydrogen-bond donors (Lipinski definition) is 1. The molecule has 3 heteroatoms. The van der Waals surface area contributed by atoms with Crippen LogP contribution in [0, 0.1) is 0 Å². The maximum Gasteiger partial charge on any atom is 0.0589 e. The molecule has 1 aromatic heterocycles. The Balaban J connectivity index is 2.66. The molecule has 1 rings (SSSR count). The Hall–Kier alpha value is -0.600. The van der Waals surface area contributed by atoms with Gasteiger partial charge in [-0.3, -0.25) is 4.98 Å². The lowest BCUT2D eigenvalue weighted by atomic mass is 10.2. The molecule has 2 N–H and O–H groups in total. The van der Waals surface area contributed by atoms with Crippen molar-refractivity contribution < 1.29 is 0 Å². The molecule has 1 heterocycles. The van der Waals surface area contributed by atoms with Gasteiger partial charge in [-0.25, -0.2) is 0 Å². The zero-order chi connectivity index (χ0) is 8.27. The van der Waals surface area contributed by atoms with E-state index in [2.05, 4.69) is 4.98 Å². The fourth-order valence-corrected chi connectivity index (χ4v) is 0.969. The Morgan fingerprint density at radius 1 is 1.64 bits per heavy atom. The maximum absolute atomic E-state index is 5.65. The molecular formula is C8H11ClN2. The average Bonchev–Trinajstić information content (AvgIpc) is 1.93. The molecule has 0 saturated carbocycles. The summed E-state index contributed by atoms with van der Waals surface area (Å²) < 4.78 is 0. The van der Waals surface area contributed by atoms with Gasteiger partial charge in [-0.1, -0.05) is 11.6 Å². The van der Waals surface area contributed by atoms with Crippen molar-refractivity contribution in [3.63, 3.8) is 0 Å². The van der Waals surface area contributed by atoms with Crippen LogP contribution in [-0.2, 0) is 6.42 Å². The molecular weight excluding hydrogens is 160 g/mol. The van der Waals surface area contributed by atoms with Crippen molar-refractivity contribution in [3.05, 3.63) is 29.0 Å². The van der Waals surface area contributed by atoms with Gasteiger partial charge in [-0.2, -0.15) is 0 Å². The van der Waals surface area contributed by atoms with Gasteiger partial charge in [0.05, 0.1) is 5.02 Å². The quantitative estimate of drug-likeness (QED) is 0.733. The van der Waals surface area contributed by atoms with Crippen LogP contribution < -0.4 is 5.73 Å². The minimum Gasteiger partial charge on any atom is -0.328 e. The third-order valence-corrected chi connectivity index (χ3v) is 1.54. The average molecular weight is 171 g/mol. The summed E-state index contributed by atoms with van der Waals surface area (Å²) in [5.41, 5.74) is 6.58. The number of halogens is 1. The van der Waals surface area contributed by atoms with E-state index in [0.717, 1.165) is 12.1 Å². The number of nitrogens with two attached hydrogens (primary N) is 1. The fraction of sp³-hybridized carbons (Fsp3) is 0.375. The van der Waals surface area contributed by atoms with Gasteiger partial charge >= 0.3 is 0 Å². The molecule has 1 atom stereocenters. The molecule has 0 radical (unpaired) electrons. The first kappa shape index (κ1) is 8.50. The molecule has 0 spiro atoms. The van der Waals surface area contributed by atoms with Gasteiger partial charge < -0.3 is 5.73 Å². The zero-order valence-electron chi connectivity index (χ0n) is 6.42. The first-order chi connectivity index (χ1) is 5.18. The van der Waals surface area contributed by atoms with E-state index in [9.17, 15) is 0 Å². The Morgan fingerprint density at radius 2 is 2.36 bits per heavy atom. The Bertz CT molecular complexity index is 218. The molecule has 0 unspecified atom stereocenters. The van der Waals surface area contributed by atoms with Crippen molar-refractivity contribution in [3.8, 4) is 0 Å². The minimum atomic E-state index is 0.156. The molecule has 0 amide bonds. The van der Waals surface area contributed by atoms with Crippen molar-refractivity contribution in [2.45, 2.75) is 19.4 Å². The van der Waals surface area contributed by atoms with Crippen molar-refractivity contribution in [2.75, 3.05) is 0 Å². The lowest BCUT2D eigenvalue weighted by Gasteiger charge is -2.02. The van der Waals surface area contributed by atoms with E-state index < -0.39 is 0 Å². The van der Waals surface area contributed by atoms with E-state index in [1.807, 2.05) is 19.1 Å². The highest BCUT2D eigenvalue weighted by atomic mass is 35.5. The zero-order valence-corrected chi connectivity index (χ0v) is 7.17. The monoisotopic (exact) mass is 170 g/mol. The summed E-state index contributed by atoms with van der Waals surface area (Å²) in [4.78, 5) is 4.11. The van der Waals surface area contributed by atoms with Crippen LogP contribution in [0.3, 0.4) is 0 Å². The molecule has 0 fully saturated rings. The summed E-state index contributed by atoms with van der Waals surface area (Å²) in [6, 6.07) is 3.88. The van der Waals surface area contributed by atoms with Crippen LogP contribution in [0.15, 0.2) is 18.3 Å². The van der Waals surface area contributed by atoms with Crippen molar-refractivity contribution in [2.24, 2.45) is 5.73 Å². The summed E-state index contributed by atoms with van der Waals surface area (Å²) in [5.74, 6) is 0. The molecule has 11 heavy (non-hydrogen) atoms. The topological polar surface area (TPSA) is 38.9 Å². The molecule has 0 saturated heterocycles. The van der Waals surface area contributed by atoms with Crippen molar-refractivity contribution in [1.29, 1.82) is 0 Å². The molecule has 0 aliphatic carbocycles. The van der Waals surface area contributed by atoms with E-state index in [1.54, 1.807) is 6.20 Å². The molecule has 2 nitrogen and oxygen atoms in total. The Morgan fingerprint density at radius 3 is 2.82 bits per heavy atom. The Kier molecular flexibility index (Phi) is 2.85. The fourth-order valence-electron chi connectivity index (χ4n) is 0.857. The van der Waals surface area contributed by atoms with E-state index >= 15 is 0 Å². The number of nitrogens with zero attached hydrogens (tertiary/aromatic N) is 1. The van der Waals surface area contributed by atoms with Gasteiger partial charge in [0.1, 0.15) is 0 Å². The predicted octanol–water partition coefficient (Wildman–Crippen LogP) is 1.62. The first-order valence-corrected chi connectivity index (χ1v) is 3.92. The van der Waals surface area contributed by atoms with Gasteiger partial charge in [-0.05, 0) is 19.1 Å². The number of rotatable bonds is 2. The number of pyridine rings is 1. The molecule has 0 aliphatic rings. The molecule has 1 aromatic rings. The molecule has 0 aliphatic heterocycles. The highest BCUT2D eigenvalue weighted by molar-refractivity contribution is 6.30. The highest BCUT2D eigenvalue weighted by Gasteiger charge is 1.97. The van der Waals surface area contributed by atoms with Gasteiger partial charge in [0, 0.05) is 24.4 Å². The number of aromatic nitrogens is 1. The van der Waals surface area contributed by atoms with Crippen molar-refractivity contribution >= 4 is 11.6 Å². The Labute approximate surface area is 71.4 Å². The second-order valence-corrected chi connectivity index (χ2v) is 3.09. The molecule has 60 valence electrons. The molecule has 0 aromatic carbocycles. The number of hydrogen-bond acceptors (Lipinski definition) is 2. The standard InChI is InChI=1S/C8H11ClN2/c1-6(10)4-8-3-2-7(9)5-11-8/h2-3,5-6H,4,10H2,1H3/t6-/m0/s1. The third kappa shape index (κ3) is 2.87. The maximum atomic E-state index is 5.65. The van der Waals surface area contributed by atoms with Gasteiger partial charge in [0.2, 0.25) is 0 Å². The summed E-state index contributed by atoms with van der Waals surface area (Å²) in [7, 11) is 0. The highest BCUT2D eigenvalue weighted by Crippen LogP contribution is 2.06. The van der Waals surface area contributed by atoms with E-state index in [0.29, 0.717) is 5.02 Å². The van der Waals surface area contributed by atoms with Gasteiger partial charge in [-0.15, -0.1) is 0 Å². The second kappa shape index (κ2) is 3.69. The summed E-state index contributed by atoms with van der Waals surface area (Å²) in [6.45, 7) is 1.95. The normalized spacial score (nSPS) is 13.0. The summed E-state index contributed by atoms with van der Waals surface area (Å²) >= 11 is 5.65. The van der Waals surface area contributed by atoms with Crippen molar-refractivity contribution in [1.82, 2.24) is 4.98 Å². The van der Waals surface area contributed by atoms with E-state index in [4.69, 9.17) is 17.3 Å².